The number of hydrogen-bond donors (Lipinski definition) is 3. The summed E-state index contributed by atoms with van der Waals surface area (Å²) in [6.07, 6.45) is 5.17. The van der Waals surface area contributed by atoms with Crippen molar-refractivity contribution in [1.82, 2.24) is 5.32 Å². The Bertz CT molecular complexity index is 513. The number of carboxylic acid groups (broad SMARTS) is 1. The van der Waals surface area contributed by atoms with Crippen LogP contribution < -0.4 is 10.6 Å². The van der Waals surface area contributed by atoms with Gasteiger partial charge in [-0.3, -0.25) is 0 Å². The number of amides is 2. The number of anilines is 1. The van der Waals surface area contributed by atoms with Gasteiger partial charge < -0.3 is 15.7 Å². The molecule has 1 aliphatic rings. The number of halogens is 1. The number of carbonyl (C=O) groups is 2. The van der Waals surface area contributed by atoms with Crippen molar-refractivity contribution in [2.75, 3.05) is 5.32 Å². The van der Waals surface area contributed by atoms with Crippen LogP contribution in [-0.4, -0.2) is 23.1 Å². The summed E-state index contributed by atoms with van der Waals surface area (Å²) in [5, 5.41) is 14.0. The molecule has 0 heterocycles. The fourth-order valence-electron chi connectivity index (χ4n) is 2.34. The molecule has 1 aliphatic carbocycles. The lowest BCUT2D eigenvalue weighted by Gasteiger charge is -2.22. The molecular weight excluding hydrogens is 263 g/mol. The normalized spacial score (nSPS) is 15.7. The maximum Gasteiger partial charge on any atom is 0.335 e. The fourth-order valence-corrected chi connectivity index (χ4v) is 2.34. The number of rotatable bonds is 3. The van der Waals surface area contributed by atoms with Crippen LogP contribution in [0.4, 0.5) is 14.9 Å². The third-order valence-corrected chi connectivity index (χ3v) is 3.40. The molecule has 1 aromatic rings. The maximum absolute atomic E-state index is 13.5. The van der Waals surface area contributed by atoms with Crippen LogP contribution in [0.1, 0.15) is 42.5 Å². The summed E-state index contributed by atoms with van der Waals surface area (Å²) in [7, 11) is 0. The van der Waals surface area contributed by atoms with Gasteiger partial charge in [0.2, 0.25) is 0 Å². The van der Waals surface area contributed by atoms with E-state index < -0.39 is 17.8 Å². The zero-order valence-corrected chi connectivity index (χ0v) is 11.0. The highest BCUT2D eigenvalue weighted by molar-refractivity contribution is 5.93. The third kappa shape index (κ3) is 3.69. The van der Waals surface area contributed by atoms with Gasteiger partial charge in [-0.1, -0.05) is 19.3 Å². The monoisotopic (exact) mass is 280 g/mol. The summed E-state index contributed by atoms with van der Waals surface area (Å²) in [4.78, 5) is 22.6. The minimum atomic E-state index is -1.17. The minimum absolute atomic E-state index is 0.0700. The number of nitrogens with one attached hydrogen (secondary N) is 2. The van der Waals surface area contributed by atoms with Gasteiger partial charge in [-0.15, -0.1) is 0 Å². The Morgan fingerprint density at radius 2 is 1.90 bits per heavy atom. The number of hydrogen-bond acceptors (Lipinski definition) is 2. The zero-order valence-electron chi connectivity index (χ0n) is 11.0. The summed E-state index contributed by atoms with van der Waals surface area (Å²) in [6, 6.07) is 2.90. The lowest BCUT2D eigenvalue weighted by atomic mass is 9.96. The second-order valence-electron chi connectivity index (χ2n) is 4.93. The van der Waals surface area contributed by atoms with Gasteiger partial charge in [0.15, 0.2) is 0 Å². The molecule has 2 rings (SSSR count). The van der Waals surface area contributed by atoms with E-state index in [0.29, 0.717) is 0 Å². The van der Waals surface area contributed by atoms with E-state index in [1.807, 2.05) is 0 Å². The molecule has 6 heteroatoms. The Morgan fingerprint density at radius 1 is 1.20 bits per heavy atom. The Balaban J connectivity index is 1.99. The van der Waals surface area contributed by atoms with Crippen molar-refractivity contribution in [3.05, 3.63) is 29.6 Å². The Hall–Kier alpha value is -2.11. The van der Waals surface area contributed by atoms with Gasteiger partial charge in [-0.05, 0) is 31.0 Å². The number of aromatic carboxylic acids is 1. The smallest absolute Gasteiger partial charge is 0.335 e. The van der Waals surface area contributed by atoms with Crippen LogP contribution in [0.2, 0.25) is 0 Å². The molecule has 3 N–H and O–H groups in total. The summed E-state index contributed by atoms with van der Waals surface area (Å²) in [5.74, 6) is -1.82. The highest BCUT2D eigenvalue weighted by Gasteiger charge is 2.17. The Labute approximate surface area is 116 Å². The molecule has 0 radical (unpaired) electrons. The number of urea groups is 1. The number of carboxylic acids is 1. The first-order valence-electron chi connectivity index (χ1n) is 6.66. The van der Waals surface area contributed by atoms with Gasteiger partial charge in [0.1, 0.15) is 5.82 Å². The molecular formula is C14H17FN2O3. The van der Waals surface area contributed by atoms with Gasteiger partial charge in [-0.2, -0.15) is 0 Å². The van der Waals surface area contributed by atoms with Crippen molar-refractivity contribution < 1.29 is 19.1 Å². The van der Waals surface area contributed by atoms with Gasteiger partial charge in [0.05, 0.1) is 11.3 Å². The van der Waals surface area contributed by atoms with Gasteiger partial charge in [0.25, 0.3) is 0 Å². The zero-order chi connectivity index (χ0) is 14.5. The maximum atomic E-state index is 13.5. The van der Waals surface area contributed by atoms with E-state index in [1.54, 1.807) is 0 Å². The molecule has 0 aromatic heterocycles. The standard InChI is InChI=1S/C14H17FN2O3/c15-11-7-6-9(13(18)19)8-12(11)17-14(20)16-10-4-2-1-3-5-10/h6-8,10H,1-5H2,(H,18,19)(H2,16,17,20). The largest absolute Gasteiger partial charge is 0.478 e. The Morgan fingerprint density at radius 3 is 2.55 bits per heavy atom. The average Bonchev–Trinajstić information content (AvgIpc) is 2.42. The first-order chi connectivity index (χ1) is 9.56. The van der Waals surface area contributed by atoms with E-state index in [-0.39, 0.29) is 17.3 Å². The van der Waals surface area contributed by atoms with Gasteiger partial charge in [-0.25, -0.2) is 14.0 Å². The molecule has 2 amide bonds. The fraction of sp³-hybridized carbons (Fsp3) is 0.429. The van der Waals surface area contributed by atoms with E-state index in [4.69, 9.17) is 5.11 Å². The van der Waals surface area contributed by atoms with Gasteiger partial charge in [0, 0.05) is 6.04 Å². The molecule has 0 aliphatic heterocycles. The number of carbonyl (C=O) groups excluding carboxylic acids is 1. The molecule has 0 saturated heterocycles. The van der Waals surface area contributed by atoms with Crippen molar-refractivity contribution in [2.45, 2.75) is 38.1 Å². The van der Waals surface area contributed by atoms with E-state index in [1.165, 1.54) is 6.42 Å². The van der Waals surface area contributed by atoms with Crippen LogP contribution >= 0.6 is 0 Å². The topological polar surface area (TPSA) is 78.4 Å². The molecule has 20 heavy (non-hydrogen) atoms. The molecule has 1 fully saturated rings. The van der Waals surface area contributed by atoms with Crippen LogP contribution in [0, 0.1) is 5.82 Å². The molecule has 1 aromatic carbocycles. The molecule has 0 bridgehead atoms. The summed E-state index contributed by atoms with van der Waals surface area (Å²) < 4.78 is 13.5. The third-order valence-electron chi connectivity index (χ3n) is 3.40. The lowest BCUT2D eigenvalue weighted by molar-refractivity contribution is 0.0697. The van der Waals surface area contributed by atoms with Crippen LogP contribution in [0.15, 0.2) is 18.2 Å². The average molecular weight is 280 g/mol. The van der Waals surface area contributed by atoms with Crippen LogP contribution in [0.25, 0.3) is 0 Å². The van der Waals surface area contributed by atoms with E-state index in [2.05, 4.69) is 10.6 Å². The first-order valence-corrected chi connectivity index (χ1v) is 6.66. The highest BCUT2D eigenvalue weighted by Crippen LogP contribution is 2.19. The highest BCUT2D eigenvalue weighted by atomic mass is 19.1. The Kier molecular flexibility index (Phi) is 4.55. The molecule has 0 atom stereocenters. The quantitative estimate of drug-likeness (QED) is 0.796. The molecule has 108 valence electrons. The first kappa shape index (κ1) is 14.3. The predicted octanol–water partition coefficient (Wildman–Crippen LogP) is 2.98. The summed E-state index contributed by atoms with van der Waals surface area (Å²) in [6.45, 7) is 0. The van der Waals surface area contributed by atoms with E-state index in [9.17, 15) is 14.0 Å². The molecule has 1 saturated carbocycles. The van der Waals surface area contributed by atoms with Gasteiger partial charge >= 0.3 is 12.0 Å². The second-order valence-corrected chi connectivity index (χ2v) is 4.93. The van der Waals surface area contributed by atoms with E-state index >= 15 is 0 Å². The van der Waals surface area contributed by atoms with Crippen LogP contribution in [0.3, 0.4) is 0 Å². The predicted molar refractivity (Wildman–Crippen MR) is 72.4 cm³/mol. The van der Waals surface area contributed by atoms with Crippen molar-refractivity contribution in [2.24, 2.45) is 0 Å². The van der Waals surface area contributed by atoms with Crippen molar-refractivity contribution in [3.8, 4) is 0 Å². The molecule has 5 nitrogen and oxygen atoms in total. The van der Waals surface area contributed by atoms with Crippen LogP contribution in [-0.2, 0) is 0 Å². The number of benzene rings is 1. The minimum Gasteiger partial charge on any atom is -0.478 e. The second kappa shape index (κ2) is 6.36. The SMILES string of the molecule is O=C(Nc1cc(C(=O)O)ccc1F)NC1CCCCC1. The van der Waals surface area contributed by atoms with Crippen LogP contribution in [0.5, 0.6) is 0 Å². The summed E-state index contributed by atoms with van der Waals surface area (Å²) >= 11 is 0. The van der Waals surface area contributed by atoms with Crippen molar-refractivity contribution in [1.29, 1.82) is 0 Å². The molecule has 0 spiro atoms. The lowest BCUT2D eigenvalue weighted by Crippen LogP contribution is -2.39. The van der Waals surface area contributed by atoms with E-state index in [0.717, 1.165) is 43.9 Å². The van der Waals surface area contributed by atoms with Crippen molar-refractivity contribution in [3.63, 3.8) is 0 Å². The summed E-state index contributed by atoms with van der Waals surface area (Å²) in [5.41, 5.74) is -0.197. The molecule has 0 unspecified atom stereocenters. The van der Waals surface area contributed by atoms with Crippen molar-refractivity contribution >= 4 is 17.7 Å².